The summed E-state index contributed by atoms with van der Waals surface area (Å²) < 4.78 is 0. The van der Waals surface area contributed by atoms with Crippen molar-refractivity contribution >= 4 is 11.9 Å². The molecule has 29 heavy (non-hydrogen) atoms. The van der Waals surface area contributed by atoms with Crippen molar-refractivity contribution in [3.05, 3.63) is 72.9 Å². The standard InChI is InChI=1S/C25H37NO3/c1-3-4-5-6-7-8-9-10-11-12-13-14-15-16-17-18-19-20-21-22-24(27)26-23(2)25(28)29/h11-23H,3-10H2,1-2H3,(H,26,27)(H,28,29)/t23-/m1/s1. The van der Waals surface area contributed by atoms with Gasteiger partial charge in [0.25, 0.3) is 0 Å². The number of carbonyl (C=O) groups is 2. The molecule has 0 rings (SSSR count). The molecule has 0 heterocycles. The number of carboxylic acid groups (broad SMARTS) is 1. The van der Waals surface area contributed by atoms with E-state index in [-0.39, 0.29) is 0 Å². The van der Waals surface area contributed by atoms with E-state index in [1.165, 1.54) is 57.9 Å². The number of allylic oxidation sites excluding steroid dienone is 11. The van der Waals surface area contributed by atoms with Crippen molar-refractivity contribution < 1.29 is 14.7 Å². The summed E-state index contributed by atoms with van der Waals surface area (Å²) >= 11 is 0. The lowest BCUT2D eigenvalue weighted by Crippen LogP contribution is -2.37. The van der Waals surface area contributed by atoms with Gasteiger partial charge in [0.05, 0.1) is 0 Å². The third-order valence-corrected chi connectivity index (χ3v) is 4.09. The molecule has 1 amide bonds. The first-order chi connectivity index (χ1) is 14.1. The minimum Gasteiger partial charge on any atom is -0.480 e. The van der Waals surface area contributed by atoms with Crippen LogP contribution in [-0.4, -0.2) is 23.0 Å². The number of carbonyl (C=O) groups excluding carboxylic acids is 1. The summed E-state index contributed by atoms with van der Waals surface area (Å²) in [5.41, 5.74) is 0. The van der Waals surface area contributed by atoms with E-state index in [0.717, 1.165) is 6.42 Å². The maximum Gasteiger partial charge on any atom is 0.325 e. The van der Waals surface area contributed by atoms with E-state index in [9.17, 15) is 9.59 Å². The van der Waals surface area contributed by atoms with E-state index >= 15 is 0 Å². The quantitative estimate of drug-likeness (QED) is 0.188. The Morgan fingerprint density at radius 1 is 0.759 bits per heavy atom. The largest absolute Gasteiger partial charge is 0.480 e. The second kappa shape index (κ2) is 20.1. The van der Waals surface area contributed by atoms with Crippen LogP contribution in [-0.2, 0) is 9.59 Å². The first-order valence-corrected chi connectivity index (χ1v) is 10.6. The Labute approximate surface area is 176 Å². The highest BCUT2D eigenvalue weighted by Crippen LogP contribution is 2.08. The van der Waals surface area contributed by atoms with Crippen molar-refractivity contribution in [3.63, 3.8) is 0 Å². The van der Waals surface area contributed by atoms with Crippen molar-refractivity contribution in [2.24, 2.45) is 0 Å². The summed E-state index contributed by atoms with van der Waals surface area (Å²) in [6.07, 6.45) is 32.9. The summed E-state index contributed by atoms with van der Waals surface area (Å²) in [7, 11) is 0. The molecule has 0 aliphatic carbocycles. The van der Waals surface area contributed by atoms with Gasteiger partial charge in [-0.25, -0.2) is 0 Å². The Hall–Kier alpha value is -2.62. The van der Waals surface area contributed by atoms with Crippen molar-refractivity contribution in [1.29, 1.82) is 0 Å². The predicted molar refractivity (Wildman–Crippen MR) is 123 cm³/mol. The molecule has 0 aromatic rings. The molecule has 0 spiro atoms. The van der Waals surface area contributed by atoms with E-state index in [1.807, 2.05) is 36.5 Å². The van der Waals surface area contributed by atoms with Crippen LogP contribution in [0.4, 0.5) is 0 Å². The van der Waals surface area contributed by atoms with E-state index < -0.39 is 17.9 Å². The molecular weight excluding hydrogens is 362 g/mol. The Kier molecular flexibility index (Phi) is 18.3. The fourth-order valence-electron chi connectivity index (χ4n) is 2.37. The molecule has 4 nitrogen and oxygen atoms in total. The summed E-state index contributed by atoms with van der Waals surface area (Å²) in [5, 5.41) is 11.0. The molecule has 160 valence electrons. The van der Waals surface area contributed by atoms with Crippen molar-refractivity contribution in [1.82, 2.24) is 5.32 Å². The lowest BCUT2D eigenvalue weighted by atomic mass is 10.1. The van der Waals surface area contributed by atoms with E-state index in [4.69, 9.17) is 5.11 Å². The van der Waals surface area contributed by atoms with Crippen LogP contribution in [0.25, 0.3) is 0 Å². The number of carboxylic acids is 1. The summed E-state index contributed by atoms with van der Waals surface area (Å²) in [5.74, 6) is -1.49. The third-order valence-electron chi connectivity index (χ3n) is 4.09. The molecule has 1 atom stereocenters. The monoisotopic (exact) mass is 399 g/mol. The number of amides is 1. The highest BCUT2D eigenvalue weighted by atomic mass is 16.4. The maximum absolute atomic E-state index is 11.4. The van der Waals surface area contributed by atoms with Gasteiger partial charge in [0.1, 0.15) is 6.04 Å². The highest BCUT2D eigenvalue weighted by Gasteiger charge is 2.11. The van der Waals surface area contributed by atoms with Crippen molar-refractivity contribution in [2.75, 3.05) is 0 Å². The van der Waals surface area contributed by atoms with Crippen LogP contribution in [0.3, 0.4) is 0 Å². The smallest absolute Gasteiger partial charge is 0.325 e. The molecule has 0 unspecified atom stereocenters. The van der Waals surface area contributed by atoms with Gasteiger partial charge in [0.15, 0.2) is 0 Å². The molecular formula is C25H37NO3. The van der Waals surface area contributed by atoms with E-state index in [2.05, 4.69) is 24.4 Å². The minimum absolute atomic E-state index is 0.432. The first-order valence-electron chi connectivity index (χ1n) is 10.6. The number of unbranched alkanes of at least 4 members (excludes halogenated alkanes) is 7. The highest BCUT2D eigenvalue weighted by molar-refractivity contribution is 5.91. The number of aliphatic carboxylic acids is 1. The Morgan fingerprint density at radius 2 is 1.24 bits per heavy atom. The number of hydrogen-bond donors (Lipinski definition) is 2. The first kappa shape index (κ1) is 26.4. The van der Waals surface area contributed by atoms with Gasteiger partial charge >= 0.3 is 5.97 Å². The lowest BCUT2D eigenvalue weighted by Gasteiger charge is -2.05. The number of nitrogens with one attached hydrogen (secondary N) is 1. The minimum atomic E-state index is -1.06. The van der Waals surface area contributed by atoms with Crippen LogP contribution < -0.4 is 5.32 Å². The van der Waals surface area contributed by atoms with Crippen LogP contribution in [0.5, 0.6) is 0 Å². The zero-order valence-corrected chi connectivity index (χ0v) is 17.9. The average molecular weight is 400 g/mol. The second-order valence-corrected chi connectivity index (χ2v) is 6.81. The summed E-state index contributed by atoms with van der Waals surface area (Å²) in [6.45, 7) is 3.66. The molecule has 2 N–H and O–H groups in total. The summed E-state index contributed by atoms with van der Waals surface area (Å²) in [4.78, 5) is 22.0. The second-order valence-electron chi connectivity index (χ2n) is 6.81. The van der Waals surface area contributed by atoms with Gasteiger partial charge < -0.3 is 10.4 Å². The topological polar surface area (TPSA) is 66.4 Å². The van der Waals surface area contributed by atoms with Gasteiger partial charge in [-0.15, -0.1) is 0 Å². The van der Waals surface area contributed by atoms with E-state index in [1.54, 1.807) is 18.2 Å². The Balaban J connectivity index is 3.78. The Bertz CT molecular complexity index is 610. The fraction of sp³-hybridized carbons (Fsp3) is 0.440. The third kappa shape index (κ3) is 19.9. The van der Waals surface area contributed by atoms with Crippen LogP contribution >= 0.6 is 0 Å². The van der Waals surface area contributed by atoms with Gasteiger partial charge in [-0.2, -0.15) is 0 Å². The SMILES string of the molecule is CCCCCCCCCC=CC=CC=CC=CC=CC=CC(=O)N[C@H](C)C(=O)O. The molecule has 0 aromatic carbocycles. The predicted octanol–water partition coefficient (Wildman–Crippen LogP) is 6.05. The average Bonchev–Trinajstić information content (AvgIpc) is 2.69. The van der Waals surface area contributed by atoms with Crippen LogP contribution in [0.1, 0.15) is 65.2 Å². The summed E-state index contributed by atoms with van der Waals surface area (Å²) in [6, 6.07) is -0.899. The van der Waals surface area contributed by atoms with E-state index in [0.29, 0.717) is 0 Å². The van der Waals surface area contributed by atoms with Crippen LogP contribution in [0.2, 0.25) is 0 Å². The molecule has 0 fully saturated rings. The van der Waals surface area contributed by atoms with Crippen LogP contribution in [0.15, 0.2) is 72.9 Å². The number of rotatable bonds is 16. The zero-order chi connectivity index (χ0) is 21.6. The molecule has 0 radical (unpaired) electrons. The van der Waals surface area contributed by atoms with Gasteiger partial charge in [-0.1, -0.05) is 112 Å². The molecule has 0 bridgehead atoms. The lowest BCUT2D eigenvalue weighted by molar-refractivity contribution is -0.140. The maximum atomic E-state index is 11.4. The number of hydrogen-bond acceptors (Lipinski definition) is 2. The van der Waals surface area contributed by atoms with Gasteiger partial charge in [0.2, 0.25) is 5.91 Å². The van der Waals surface area contributed by atoms with Crippen LogP contribution in [0, 0.1) is 0 Å². The molecule has 0 aromatic heterocycles. The van der Waals surface area contributed by atoms with Crippen molar-refractivity contribution in [3.8, 4) is 0 Å². The van der Waals surface area contributed by atoms with Gasteiger partial charge in [0, 0.05) is 6.08 Å². The fourth-order valence-corrected chi connectivity index (χ4v) is 2.37. The Morgan fingerprint density at radius 3 is 1.79 bits per heavy atom. The zero-order valence-electron chi connectivity index (χ0n) is 17.9. The van der Waals surface area contributed by atoms with Gasteiger partial charge in [-0.3, -0.25) is 9.59 Å². The molecule has 0 saturated carbocycles. The molecule has 0 saturated heterocycles. The normalized spacial score (nSPS) is 13.7. The molecule has 4 heteroatoms. The molecule has 0 aliphatic rings. The molecule has 0 aliphatic heterocycles. The van der Waals surface area contributed by atoms with Gasteiger partial charge in [-0.05, 0) is 19.8 Å². The van der Waals surface area contributed by atoms with Crippen molar-refractivity contribution in [2.45, 2.75) is 71.3 Å².